The van der Waals surface area contributed by atoms with E-state index in [0.29, 0.717) is 6.42 Å². The number of aliphatic carboxylic acids is 1. The van der Waals surface area contributed by atoms with E-state index in [1.807, 2.05) is 0 Å². The molecular formula is C12H15NO5. The number of phenols is 2. The van der Waals surface area contributed by atoms with E-state index < -0.39 is 29.3 Å². The second-order valence-electron chi connectivity index (χ2n) is 3.83. The molecule has 0 aromatic heterocycles. The number of carboxylic acids is 1. The van der Waals surface area contributed by atoms with Crippen molar-refractivity contribution in [3.8, 4) is 11.5 Å². The second-order valence-corrected chi connectivity index (χ2v) is 3.83. The Hall–Kier alpha value is -2.24. The van der Waals surface area contributed by atoms with Crippen LogP contribution in [0, 0.1) is 5.92 Å². The van der Waals surface area contributed by atoms with Crippen molar-refractivity contribution in [3.05, 3.63) is 23.8 Å². The number of benzene rings is 1. The van der Waals surface area contributed by atoms with Gasteiger partial charge in [-0.1, -0.05) is 13.0 Å². The van der Waals surface area contributed by atoms with Gasteiger partial charge in [-0.05, 0) is 18.6 Å². The summed E-state index contributed by atoms with van der Waals surface area (Å²) < 4.78 is 0. The van der Waals surface area contributed by atoms with Crippen molar-refractivity contribution in [1.29, 1.82) is 0 Å². The molecule has 0 aliphatic heterocycles. The van der Waals surface area contributed by atoms with E-state index in [-0.39, 0.29) is 12.1 Å². The molecule has 18 heavy (non-hydrogen) atoms. The van der Waals surface area contributed by atoms with Gasteiger partial charge >= 0.3 is 5.97 Å². The molecule has 1 unspecified atom stereocenters. The Bertz CT molecular complexity index is 458. The van der Waals surface area contributed by atoms with Crippen molar-refractivity contribution in [2.45, 2.75) is 13.3 Å². The van der Waals surface area contributed by atoms with Crippen LogP contribution in [-0.4, -0.2) is 33.7 Å². The summed E-state index contributed by atoms with van der Waals surface area (Å²) in [7, 11) is 0. The third-order valence-electron chi connectivity index (χ3n) is 2.61. The summed E-state index contributed by atoms with van der Waals surface area (Å²) in [5.41, 5.74) is -0.0877. The summed E-state index contributed by atoms with van der Waals surface area (Å²) in [5, 5.41) is 29.9. The highest BCUT2D eigenvalue weighted by atomic mass is 16.4. The lowest BCUT2D eigenvalue weighted by Crippen LogP contribution is -2.32. The van der Waals surface area contributed by atoms with E-state index in [1.165, 1.54) is 18.2 Å². The van der Waals surface area contributed by atoms with Crippen LogP contribution in [0.25, 0.3) is 0 Å². The number of amides is 1. The van der Waals surface area contributed by atoms with Gasteiger partial charge in [0.15, 0.2) is 11.5 Å². The molecule has 0 aliphatic rings. The van der Waals surface area contributed by atoms with Gasteiger partial charge < -0.3 is 20.6 Å². The Kier molecular flexibility index (Phi) is 4.53. The van der Waals surface area contributed by atoms with Crippen molar-refractivity contribution in [3.63, 3.8) is 0 Å². The van der Waals surface area contributed by atoms with E-state index in [1.54, 1.807) is 6.92 Å². The molecule has 6 heteroatoms. The minimum absolute atomic E-state index is 0.0280. The number of phenolic OH excluding ortho intramolecular Hbond substituents is 2. The molecule has 6 nitrogen and oxygen atoms in total. The van der Waals surface area contributed by atoms with Crippen LogP contribution < -0.4 is 5.32 Å². The molecular weight excluding hydrogens is 238 g/mol. The van der Waals surface area contributed by atoms with E-state index in [4.69, 9.17) is 5.11 Å². The molecule has 0 saturated heterocycles. The maximum Gasteiger partial charge on any atom is 0.308 e. The van der Waals surface area contributed by atoms with Crippen molar-refractivity contribution >= 4 is 11.9 Å². The summed E-state index contributed by atoms with van der Waals surface area (Å²) in [5.74, 6) is -3.19. The highest BCUT2D eigenvalue weighted by Gasteiger charge is 2.18. The molecule has 0 heterocycles. The summed E-state index contributed by atoms with van der Waals surface area (Å²) in [6.45, 7) is 1.68. The summed E-state index contributed by atoms with van der Waals surface area (Å²) >= 11 is 0. The highest BCUT2D eigenvalue weighted by molar-refractivity contribution is 5.97. The summed E-state index contributed by atoms with van der Waals surface area (Å²) in [6, 6.07) is 4.00. The number of carboxylic acid groups (broad SMARTS) is 1. The molecule has 1 aromatic rings. The Labute approximate surface area is 104 Å². The number of para-hydroxylation sites is 1. The molecule has 0 saturated carbocycles. The van der Waals surface area contributed by atoms with Gasteiger partial charge in [-0.2, -0.15) is 0 Å². The van der Waals surface area contributed by atoms with Gasteiger partial charge in [-0.3, -0.25) is 9.59 Å². The minimum atomic E-state index is -0.988. The monoisotopic (exact) mass is 253 g/mol. The smallest absolute Gasteiger partial charge is 0.308 e. The van der Waals surface area contributed by atoms with Gasteiger partial charge in [0.2, 0.25) is 0 Å². The second kappa shape index (κ2) is 5.90. The number of rotatable bonds is 5. The molecule has 0 aliphatic carbocycles. The van der Waals surface area contributed by atoms with Crippen LogP contribution in [0.3, 0.4) is 0 Å². The molecule has 4 N–H and O–H groups in total. The zero-order valence-corrected chi connectivity index (χ0v) is 9.88. The molecule has 0 fully saturated rings. The molecule has 0 spiro atoms. The van der Waals surface area contributed by atoms with E-state index in [2.05, 4.69) is 5.32 Å². The minimum Gasteiger partial charge on any atom is -0.504 e. The summed E-state index contributed by atoms with van der Waals surface area (Å²) in [6.07, 6.45) is 0.391. The van der Waals surface area contributed by atoms with Crippen molar-refractivity contribution < 1.29 is 24.9 Å². The number of hydrogen-bond donors (Lipinski definition) is 4. The van der Waals surface area contributed by atoms with Crippen LogP contribution in [0.15, 0.2) is 18.2 Å². The fraction of sp³-hybridized carbons (Fsp3) is 0.333. The van der Waals surface area contributed by atoms with Gasteiger partial charge in [0.05, 0.1) is 11.5 Å². The molecule has 0 bridgehead atoms. The SMILES string of the molecule is CCC(CNC(=O)c1cccc(O)c1O)C(=O)O. The van der Waals surface area contributed by atoms with E-state index >= 15 is 0 Å². The Balaban J connectivity index is 2.71. The number of hydrogen-bond acceptors (Lipinski definition) is 4. The Morgan fingerprint density at radius 2 is 2.00 bits per heavy atom. The van der Waals surface area contributed by atoms with Crippen molar-refractivity contribution in [1.82, 2.24) is 5.32 Å². The first-order valence-corrected chi connectivity index (χ1v) is 5.49. The average Bonchev–Trinajstić information content (AvgIpc) is 2.32. The van der Waals surface area contributed by atoms with Gasteiger partial charge in [0, 0.05) is 6.54 Å². The number of nitrogens with one attached hydrogen (secondary N) is 1. The number of carbonyl (C=O) groups is 2. The van der Waals surface area contributed by atoms with E-state index in [9.17, 15) is 19.8 Å². The lowest BCUT2D eigenvalue weighted by molar-refractivity contribution is -0.141. The van der Waals surface area contributed by atoms with Gasteiger partial charge in [0.25, 0.3) is 5.91 Å². The fourth-order valence-electron chi connectivity index (χ4n) is 1.43. The van der Waals surface area contributed by atoms with Crippen molar-refractivity contribution in [2.24, 2.45) is 5.92 Å². The first kappa shape index (κ1) is 13.8. The molecule has 98 valence electrons. The molecule has 1 amide bonds. The zero-order chi connectivity index (χ0) is 13.7. The van der Waals surface area contributed by atoms with Crippen LogP contribution >= 0.6 is 0 Å². The van der Waals surface area contributed by atoms with E-state index in [0.717, 1.165) is 0 Å². The van der Waals surface area contributed by atoms with Gasteiger partial charge in [-0.15, -0.1) is 0 Å². The zero-order valence-electron chi connectivity index (χ0n) is 9.88. The third kappa shape index (κ3) is 3.13. The van der Waals surface area contributed by atoms with Crippen LogP contribution in [0.5, 0.6) is 11.5 Å². The Morgan fingerprint density at radius 3 is 2.56 bits per heavy atom. The predicted octanol–water partition coefficient (Wildman–Crippen LogP) is 0.938. The van der Waals surface area contributed by atoms with Crippen LogP contribution in [0.2, 0.25) is 0 Å². The van der Waals surface area contributed by atoms with Crippen LogP contribution in [0.1, 0.15) is 23.7 Å². The van der Waals surface area contributed by atoms with Gasteiger partial charge in [0.1, 0.15) is 0 Å². The predicted molar refractivity (Wildman–Crippen MR) is 63.5 cm³/mol. The molecule has 1 atom stereocenters. The highest BCUT2D eigenvalue weighted by Crippen LogP contribution is 2.27. The summed E-state index contributed by atoms with van der Waals surface area (Å²) in [4.78, 5) is 22.4. The lowest BCUT2D eigenvalue weighted by Gasteiger charge is -2.11. The maximum absolute atomic E-state index is 11.7. The normalized spacial score (nSPS) is 11.8. The quantitative estimate of drug-likeness (QED) is 0.584. The molecule has 1 rings (SSSR count). The fourth-order valence-corrected chi connectivity index (χ4v) is 1.43. The largest absolute Gasteiger partial charge is 0.504 e. The van der Waals surface area contributed by atoms with Crippen molar-refractivity contribution in [2.75, 3.05) is 6.54 Å². The first-order chi connectivity index (χ1) is 8.47. The number of aromatic hydroxyl groups is 2. The number of carbonyl (C=O) groups excluding carboxylic acids is 1. The third-order valence-corrected chi connectivity index (χ3v) is 2.61. The Morgan fingerprint density at radius 1 is 1.33 bits per heavy atom. The van der Waals surface area contributed by atoms with Crippen LogP contribution in [-0.2, 0) is 4.79 Å². The standard InChI is InChI=1S/C12H15NO5/c1-2-7(12(17)18)6-13-11(16)8-4-3-5-9(14)10(8)15/h3-5,7,14-15H,2,6H2,1H3,(H,13,16)(H,17,18). The lowest BCUT2D eigenvalue weighted by atomic mass is 10.1. The van der Waals surface area contributed by atoms with Crippen LogP contribution in [0.4, 0.5) is 0 Å². The molecule has 0 radical (unpaired) electrons. The molecule has 1 aromatic carbocycles. The van der Waals surface area contributed by atoms with Gasteiger partial charge in [-0.25, -0.2) is 0 Å². The average molecular weight is 253 g/mol. The first-order valence-electron chi connectivity index (χ1n) is 5.49. The topological polar surface area (TPSA) is 107 Å². The maximum atomic E-state index is 11.7.